The molecule has 1 atom stereocenters. The molecule has 0 bridgehead atoms. The Kier molecular flexibility index (Phi) is 5.20. The highest BCUT2D eigenvalue weighted by atomic mass is 16.5. The Morgan fingerprint density at radius 1 is 1.32 bits per heavy atom. The molecular weight excluding hydrogens is 234 g/mol. The third-order valence-corrected chi connectivity index (χ3v) is 3.31. The maximum Gasteiger partial charge on any atom is 0.0754 e. The molecular formula is C17H21NO. The lowest BCUT2D eigenvalue weighted by Crippen LogP contribution is -2.42. The first-order chi connectivity index (χ1) is 9.29. The standard InChI is InChI=1S/C17H21NO/c1-3-4-17(18-11-13-19-14-12-18)10-9-16-7-5-15(2)6-8-16/h3,5-8,17H,1,4,11-14H2,2H3/t17-/m1/s1. The van der Waals surface area contributed by atoms with Gasteiger partial charge in [-0.2, -0.15) is 0 Å². The molecule has 2 rings (SSSR count). The number of hydrogen-bond donors (Lipinski definition) is 0. The zero-order chi connectivity index (χ0) is 13.5. The first-order valence-electron chi connectivity index (χ1n) is 6.80. The van der Waals surface area contributed by atoms with E-state index in [0.717, 1.165) is 38.3 Å². The second-order valence-corrected chi connectivity index (χ2v) is 4.82. The van der Waals surface area contributed by atoms with E-state index < -0.39 is 0 Å². The molecule has 1 aliphatic rings. The Hall–Kier alpha value is -1.56. The fourth-order valence-electron chi connectivity index (χ4n) is 2.15. The van der Waals surface area contributed by atoms with Crippen molar-refractivity contribution in [3.63, 3.8) is 0 Å². The molecule has 0 N–H and O–H groups in total. The summed E-state index contributed by atoms with van der Waals surface area (Å²) in [7, 11) is 0. The normalized spacial score (nSPS) is 17.3. The largest absolute Gasteiger partial charge is 0.379 e. The monoisotopic (exact) mass is 255 g/mol. The predicted octanol–water partition coefficient (Wildman–Crippen LogP) is 2.62. The molecule has 0 radical (unpaired) electrons. The van der Waals surface area contributed by atoms with E-state index in [9.17, 15) is 0 Å². The summed E-state index contributed by atoms with van der Waals surface area (Å²) in [4.78, 5) is 2.38. The number of ether oxygens (including phenoxy) is 1. The van der Waals surface area contributed by atoms with Crippen LogP contribution in [0.5, 0.6) is 0 Å². The van der Waals surface area contributed by atoms with Crippen molar-refractivity contribution in [1.29, 1.82) is 0 Å². The molecule has 0 spiro atoms. The molecule has 1 fully saturated rings. The molecule has 0 amide bonds. The van der Waals surface area contributed by atoms with Crippen LogP contribution < -0.4 is 0 Å². The summed E-state index contributed by atoms with van der Waals surface area (Å²) in [5.74, 6) is 6.65. The molecule has 1 aromatic carbocycles. The second kappa shape index (κ2) is 7.13. The van der Waals surface area contributed by atoms with Gasteiger partial charge in [0.1, 0.15) is 0 Å². The van der Waals surface area contributed by atoms with Gasteiger partial charge in [0.05, 0.1) is 19.3 Å². The number of hydrogen-bond acceptors (Lipinski definition) is 2. The SMILES string of the molecule is C=CC[C@H](C#Cc1ccc(C)cc1)N1CCOCC1. The van der Waals surface area contributed by atoms with Gasteiger partial charge in [0.25, 0.3) is 0 Å². The fraction of sp³-hybridized carbons (Fsp3) is 0.412. The van der Waals surface area contributed by atoms with Gasteiger partial charge in [-0.3, -0.25) is 4.90 Å². The van der Waals surface area contributed by atoms with E-state index in [4.69, 9.17) is 4.74 Å². The van der Waals surface area contributed by atoms with Crippen LogP contribution in [0.25, 0.3) is 0 Å². The van der Waals surface area contributed by atoms with Crippen LogP contribution >= 0.6 is 0 Å². The van der Waals surface area contributed by atoms with E-state index in [-0.39, 0.29) is 6.04 Å². The van der Waals surface area contributed by atoms with Crippen molar-refractivity contribution in [3.8, 4) is 11.8 Å². The number of aryl methyl sites for hydroxylation is 1. The van der Waals surface area contributed by atoms with Crippen molar-refractivity contribution >= 4 is 0 Å². The third kappa shape index (κ3) is 4.24. The lowest BCUT2D eigenvalue weighted by molar-refractivity contribution is 0.0278. The maximum absolute atomic E-state index is 5.39. The van der Waals surface area contributed by atoms with E-state index in [1.54, 1.807) is 0 Å². The average molecular weight is 255 g/mol. The van der Waals surface area contributed by atoms with Gasteiger partial charge in [-0.25, -0.2) is 0 Å². The van der Waals surface area contributed by atoms with Crippen molar-refractivity contribution < 1.29 is 4.74 Å². The van der Waals surface area contributed by atoms with Crippen LogP contribution in [0.3, 0.4) is 0 Å². The van der Waals surface area contributed by atoms with Crippen molar-refractivity contribution in [2.75, 3.05) is 26.3 Å². The Morgan fingerprint density at radius 3 is 2.63 bits per heavy atom. The summed E-state index contributed by atoms with van der Waals surface area (Å²) in [6.45, 7) is 9.45. The van der Waals surface area contributed by atoms with Crippen LogP contribution in [0.4, 0.5) is 0 Å². The van der Waals surface area contributed by atoms with Crippen molar-refractivity contribution in [2.45, 2.75) is 19.4 Å². The molecule has 2 nitrogen and oxygen atoms in total. The van der Waals surface area contributed by atoms with Crippen LogP contribution in [0.2, 0.25) is 0 Å². The van der Waals surface area contributed by atoms with E-state index in [2.05, 4.69) is 54.5 Å². The zero-order valence-corrected chi connectivity index (χ0v) is 11.6. The highest BCUT2D eigenvalue weighted by Gasteiger charge is 2.17. The van der Waals surface area contributed by atoms with Crippen LogP contribution in [0, 0.1) is 18.8 Å². The van der Waals surface area contributed by atoms with Crippen LogP contribution in [0.15, 0.2) is 36.9 Å². The summed E-state index contributed by atoms with van der Waals surface area (Å²) in [6, 6.07) is 8.60. The van der Waals surface area contributed by atoms with Gasteiger partial charge in [-0.1, -0.05) is 35.6 Å². The number of rotatable bonds is 3. The van der Waals surface area contributed by atoms with Crippen LogP contribution in [0.1, 0.15) is 17.5 Å². The zero-order valence-electron chi connectivity index (χ0n) is 11.6. The Morgan fingerprint density at radius 2 is 2.00 bits per heavy atom. The molecule has 1 saturated heterocycles. The average Bonchev–Trinajstić information content (AvgIpc) is 2.46. The van der Waals surface area contributed by atoms with E-state index in [1.165, 1.54) is 5.56 Å². The molecule has 0 aliphatic carbocycles. The Bertz CT molecular complexity index is 460. The smallest absolute Gasteiger partial charge is 0.0754 e. The van der Waals surface area contributed by atoms with E-state index in [0.29, 0.717) is 0 Å². The van der Waals surface area contributed by atoms with Crippen molar-refractivity contribution in [2.24, 2.45) is 0 Å². The summed E-state index contributed by atoms with van der Waals surface area (Å²) < 4.78 is 5.39. The molecule has 19 heavy (non-hydrogen) atoms. The molecule has 0 aromatic heterocycles. The van der Waals surface area contributed by atoms with Gasteiger partial charge in [0.15, 0.2) is 0 Å². The van der Waals surface area contributed by atoms with Crippen molar-refractivity contribution in [3.05, 3.63) is 48.0 Å². The lowest BCUT2D eigenvalue weighted by atomic mass is 10.1. The molecule has 2 heteroatoms. The molecule has 1 heterocycles. The minimum Gasteiger partial charge on any atom is -0.379 e. The Labute approximate surface area is 116 Å². The highest BCUT2D eigenvalue weighted by Crippen LogP contribution is 2.08. The van der Waals surface area contributed by atoms with Gasteiger partial charge in [0, 0.05) is 18.7 Å². The first-order valence-corrected chi connectivity index (χ1v) is 6.80. The number of morpholine rings is 1. The van der Waals surface area contributed by atoms with Crippen LogP contribution in [-0.4, -0.2) is 37.2 Å². The number of nitrogens with zero attached hydrogens (tertiary/aromatic N) is 1. The predicted molar refractivity (Wildman–Crippen MR) is 79.1 cm³/mol. The number of benzene rings is 1. The van der Waals surface area contributed by atoms with Crippen LogP contribution in [-0.2, 0) is 4.74 Å². The van der Waals surface area contributed by atoms with Gasteiger partial charge in [-0.05, 0) is 25.5 Å². The first kappa shape index (κ1) is 13.9. The molecule has 0 saturated carbocycles. The minimum absolute atomic E-state index is 0.253. The molecule has 1 aromatic rings. The lowest BCUT2D eigenvalue weighted by Gasteiger charge is -2.30. The van der Waals surface area contributed by atoms with Gasteiger partial charge >= 0.3 is 0 Å². The van der Waals surface area contributed by atoms with Gasteiger partial charge in [-0.15, -0.1) is 6.58 Å². The van der Waals surface area contributed by atoms with E-state index >= 15 is 0 Å². The quantitative estimate of drug-likeness (QED) is 0.608. The molecule has 0 unspecified atom stereocenters. The summed E-state index contributed by atoms with van der Waals surface area (Å²) in [5, 5.41) is 0. The van der Waals surface area contributed by atoms with Crippen molar-refractivity contribution in [1.82, 2.24) is 4.90 Å². The summed E-state index contributed by atoms with van der Waals surface area (Å²) >= 11 is 0. The second-order valence-electron chi connectivity index (χ2n) is 4.82. The highest BCUT2D eigenvalue weighted by molar-refractivity contribution is 5.37. The maximum atomic E-state index is 5.39. The Balaban J connectivity index is 2.07. The minimum atomic E-state index is 0.253. The van der Waals surface area contributed by atoms with Gasteiger partial charge < -0.3 is 4.74 Å². The molecule has 100 valence electrons. The van der Waals surface area contributed by atoms with Gasteiger partial charge in [0.2, 0.25) is 0 Å². The summed E-state index contributed by atoms with van der Waals surface area (Å²) in [6.07, 6.45) is 2.85. The third-order valence-electron chi connectivity index (χ3n) is 3.31. The summed E-state index contributed by atoms with van der Waals surface area (Å²) in [5.41, 5.74) is 2.34. The topological polar surface area (TPSA) is 12.5 Å². The fourth-order valence-corrected chi connectivity index (χ4v) is 2.15. The molecule has 1 aliphatic heterocycles. The van der Waals surface area contributed by atoms with E-state index in [1.807, 2.05) is 6.08 Å².